The van der Waals surface area contributed by atoms with E-state index in [2.05, 4.69) is 5.32 Å². The molecular formula is C12H14ClFN2O. The van der Waals surface area contributed by atoms with Gasteiger partial charge in [-0.15, -0.1) is 0 Å². The first-order chi connectivity index (χ1) is 8.06. The fourth-order valence-corrected chi connectivity index (χ4v) is 2.29. The van der Waals surface area contributed by atoms with Crippen LogP contribution in [0.15, 0.2) is 18.2 Å². The van der Waals surface area contributed by atoms with Gasteiger partial charge in [0.2, 0.25) is 5.91 Å². The van der Waals surface area contributed by atoms with Gasteiger partial charge in [0, 0.05) is 12.0 Å². The van der Waals surface area contributed by atoms with E-state index in [4.69, 9.17) is 17.3 Å². The molecule has 1 aliphatic carbocycles. The SMILES string of the molecule is NC1CCC(C(=O)Nc2ccc(F)cc2Cl)C1. The Morgan fingerprint density at radius 3 is 2.82 bits per heavy atom. The number of carbonyl (C=O) groups is 1. The van der Waals surface area contributed by atoms with E-state index in [9.17, 15) is 9.18 Å². The monoisotopic (exact) mass is 256 g/mol. The highest BCUT2D eigenvalue weighted by Gasteiger charge is 2.27. The van der Waals surface area contributed by atoms with Crippen LogP contribution < -0.4 is 11.1 Å². The zero-order chi connectivity index (χ0) is 12.4. The van der Waals surface area contributed by atoms with Gasteiger partial charge in [-0.25, -0.2) is 4.39 Å². The number of nitrogens with two attached hydrogens (primary N) is 1. The van der Waals surface area contributed by atoms with Crippen LogP contribution in [-0.2, 0) is 4.79 Å². The van der Waals surface area contributed by atoms with Crippen LogP contribution in [0, 0.1) is 11.7 Å². The summed E-state index contributed by atoms with van der Waals surface area (Å²) in [7, 11) is 0. The van der Waals surface area contributed by atoms with Gasteiger partial charge in [0.15, 0.2) is 0 Å². The molecule has 1 aromatic carbocycles. The smallest absolute Gasteiger partial charge is 0.227 e. The predicted molar refractivity (Wildman–Crippen MR) is 65.4 cm³/mol. The topological polar surface area (TPSA) is 55.1 Å². The summed E-state index contributed by atoms with van der Waals surface area (Å²) in [4.78, 5) is 11.9. The zero-order valence-corrected chi connectivity index (χ0v) is 10.0. The number of carbonyl (C=O) groups excluding carboxylic acids is 1. The Bertz CT molecular complexity index is 439. The average molecular weight is 257 g/mol. The van der Waals surface area contributed by atoms with Gasteiger partial charge >= 0.3 is 0 Å². The van der Waals surface area contributed by atoms with Gasteiger partial charge in [-0.2, -0.15) is 0 Å². The molecule has 17 heavy (non-hydrogen) atoms. The van der Waals surface area contributed by atoms with Gasteiger partial charge < -0.3 is 11.1 Å². The molecule has 2 unspecified atom stereocenters. The van der Waals surface area contributed by atoms with Crippen LogP contribution in [0.2, 0.25) is 5.02 Å². The van der Waals surface area contributed by atoms with E-state index in [-0.39, 0.29) is 22.9 Å². The van der Waals surface area contributed by atoms with Crippen LogP contribution in [0.25, 0.3) is 0 Å². The van der Waals surface area contributed by atoms with E-state index < -0.39 is 5.82 Å². The largest absolute Gasteiger partial charge is 0.328 e. The summed E-state index contributed by atoms with van der Waals surface area (Å²) in [6.07, 6.45) is 2.37. The fourth-order valence-electron chi connectivity index (χ4n) is 2.08. The molecular weight excluding hydrogens is 243 g/mol. The molecule has 1 fully saturated rings. The first-order valence-corrected chi connectivity index (χ1v) is 5.95. The van der Waals surface area contributed by atoms with E-state index in [1.165, 1.54) is 18.2 Å². The molecule has 0 bridgehead atoms. The van der Waals surface area contributed by atoms with Crippen LogP contribution in [0.5, 0.6) is 0 Å². The summed E-state index contributed by atoms with van der Waals surface area (Å²) < 4.78 is 12.8. The number of amides is 1. The van der Waals surface area contributed by atoms with Gasteiger partial charge in [-0.3, -0.25) is 4.79 Å². The number of rotatable bonds is 2. The minimum Gasteiger partial charge on any atom is -0.328 e. The molecule has 1 amide bonds. The van der Waals surface area contributed by atoms with Crippen LogP contribution in [0.3, 0.4) is 0 Å². The van der Waals surface area contributed by atoms with Crippen molar-refractivity contribution in [2.75, 3.05) is 5.32 Å². The lowest BCUT2D eigenvalue weighted by Crippen LogP contribution is -2.23. The number of benzene rings is 1. The van der Waals surface area contributed by atoms with E-state index in [1.54, 1.807) is 0 Å². The van der Waals surface area contributed by atoms with E-state index in [0.29, 0.717) is 12.1 Å². The number of anilines is 1. The second-order valence-electron chi connectivity index (χ2n) is 4.38. The second kappa shape index (κ2) is 5.02. The van der Waals surface area contributed by atoms with Crippen molar-refractivity contribution >= 4 is 23.2 Å². The quantitative estimate of drug-likeness (QED) is 0.854. The maximum atomic E-state index is 12.8. The number of hydrogen-bond donors (Lipinski definition) is 2. The molecule has 2 atom stereocenters. The van der Waals surface area contributed by atoms with Crippen molar-refractivity contribution in [3.63, 3.8) is 0 Å². The Morgan fingerprint density at radius 2 is 2.24 bits per heavy atom. The molecule has 0 aliphatic heterocycles. The van der Waals surface area contributed by atoms with E-state index >= 15 is 0 Å². The minimum atomic E-state index is -0.420. The summed E-state index contributed by atoms with van der Waals surface area (Å²) in [5.74, 6) is -0.575. The molecule has 5 heteroatoms. The third-order valence-corrected chi connectivity index (χ3v) is 3.35. The van der Waals surface area contributed by atoms with Crippen molar-refractivity contribution in [1.82, 2.24) is 0 Å². The molecule has 0 radical (unpaired) electrons. The first-order valence-electron chi connectivity index (χ1n) is 5.58. The van der Waals surface area contributed by atoms with Crippen LogP contribution >= 0.6 is 11.6 Å². The first kappa shape index (κ1) is 12.3. The highest BCUT2D eigenvalue weighted by atomic mass is 35.5. The van der Waals surface area contributed by atoms with Crippen LogP contribution in [-0.4, -0.2) is 11.9 Å². The molecule has 0 saturated heterocycles. The van der Waals surface area contributed by atoms with Crippen molar-refractivity contribution in [2.24, 2.45) is 11.7 Å². The molecule has 0 spiro atoms. The molecule has 3 nitrogen and oxygen atoms in total. The Kier molecular flexibility index (Phi) is 3.64. The normalized spacial score (nSPS) is 23.7. The van der Waals surface area contributed by atoms with Crippen molar-refractivity contribution in [3.05, 3.63) is 29.0 Å². The Labute approximate surface area is 104 Å². The number of nitrogens with one attached hydrogen (secondary N) is 1. The van der Waals surface area contributed by atoms with Gasteiger partial charge in [0.1, 0.15) is 5.82 Å². The standard InChI is InChI=1S/C12H14ClFN2O/c13-10-6-8(14)2-4-11(10)16-12(17)7-1-3-9(15)5-7/h2,4,6-7,9H,1,3,5,15H2,(H,16,17). The summed E-state index contributed by atoms with van der Waals surface area (Å²) >= 11 is 5.83. The zero-order valence-electron chi connectivity index (χ0n) is 9.25. The average Bonchev–Trinajstić information content (AvgIpc) is 2.69. The van der Waals surface area contributed by atoms with Gasteiger partial charge in [-0.1, -0.05) is 11.6 Å². The van der Waals surface area contributed by atoms with Crippen molar-refractivity contribution in [3.8, 4) is 0 Å². The summed E-state index contributed by atoms with van der Waals surface area (Å²) in [5.41, 5.74) is 6.19. The Morgan fingerprint density at radius 1 is 1.47 bits per heavy atom. The second-order valence-corrected chi connectivity index (χ2v) is 4.79. The lowest BCUT2D eigenvalue weighted by Gasteiger charge is -2.11. The highest BCUT2D eigenvalue weighted by Crippen LogP contribution is 2.27. The summed E-state index contributed by atoms with van der Waals surface area (Å²) in [5, 5.41) is 2.92. The van der Waals surface area contributed by atoms with Gasteiger partial charge in [0.25, 0.3) is 0 Å². The van der Waals surface area contributed by atoms with Gasteiger partial charge in [-0.05, 0) is 37.5 Å². The molecule has 1 aliphatic rings. The Balaban J connectivity index is 2.03. The highest BCUT2D eigenvalue weighted by molar-refractivity contribution is 6.33. The molecule has 3 N–H and O–H groups in total. The molecule has 1 saturated carbocycles. The van der Waals surface area contributed by atoms with Crippen LogP contribution in [0.4, 0.5) is 10.1 Å². The van der Waals surface area contributed by atoms with Crippen molar-refractivity contribution in [1.29, 1.82) is 0 Å². The minimum absolute atomic E-state index is 0.0638. The molecule has 2 rings (SSSR count). The molecule has 1 aromatic rings. The lowest BCUT2D eigenvalue weighted by atomic mass is 10.1. The lowest BCUT2D eigenvalue weighted by molar-refractivity contribution is -0.119. The van der Waals surface area contributed by atoms with E-state index in [0.717, 1.165) is 12.8 Å². The maximum absolute atomic E-state index is 12.8. The molecule has 92 valence electrons. The molecule has 0 heterocycles. The van der Waals surface area contributed by atoms with Crippen LogP contribution in [0.1, 0.15) is 19.3 Å². The maximum Gasteiger partial charge on any atom is 0.227 e. The summed E-state index contributed by atoms with van der Waals surface area (Å²) in [6.45, 7) is 0. The van der Waals surface area contributed by atoms with Crippen molar-refractivity contribution < 1.29 is 9.18 Å². The number of hydrogen-bond acceptors (Lipinski definition) is 2. The third-order valence-electron chi connectivity index (χ3n) is 3.03. The predicted octanol–water partition coefficient (Wildman–Crippen LogP) is 2.54. The van der Waals surface area contributed by atoms with Crippen molar-refractivity contribution in [2.45, 2.75) is 25.3 Å². The third kappa shape index (κ3) is 2.96. The fraction of sp³-hybridized carbons (Fsp3) is 0.417. The van der Waals surface area contributed by atoms with Gasteiger partial charge in [0.05, 0.1) is 10.7 Å². The summed E-state index contributed by atoms with van der Waals surface area (Å²) in [6, 6.07) is 4.01. The number of halogens is 2. The van der Waals surface area contributed by atoms with E-state index in [1.807, 2.05) is 0 Å². The Hall–Kier alpha value is -1.13. The molecule has 0 aromatic heterocycles.